The third kappa shape index (κ3) is 8.89. The van der Waals surface area contributed by atoms with Gasteiger partial charge >= 0.3 is 0 Å². The molecule has 0 atom stereocenters. The summed E-state index contributed by atoms with van der Waals surface area (Å²) >= 11 is 1.68. The van der Waals surface area contributed by atoms with E-state index in [1.807, 2.05) is 14.0 Å². The second-order valence-corrected chi connectivity index (χ2v) is 6.28. The number of aryl methyl sites for hydroxylation is 1. The molecule has 0 saturated heterocycles. The Morgan fingerprint density at radius 3 is 2.77 bits per heavy atom. The third-order valence-corrected chi connectivity index (χ3v) is 3.60. The normalized spacial score (nSPS) is 11.5. The molecule has 0 aliphatic heterocycles. The number of aliphatic imine (C=N–C) groups is 1. The van der Waals surface area contributed by atoms with Crippen LogP contribution in [0.25, 0.3) is 0 Å². The van der Waals surface area contributed by atoms with E-state index >= 15 is 0 Å². The topological polar surface area (TPSA) is 49.8 Å². The van der Waals surface area contributed by atoms with Gasteiger partial charge in [-0.05, 0) is 34.1 Å². The monoisotopic (exact) mass is 440 g/mol. The quantitative estimate of drug-likeness (QED) is 0.292. The number of hydrogen-bond acceptors (Lipinski definition) is 4. The van der Waals surface area contributed by atoms with Crippen molar-refractivity contribution in [1.29, 1.82) is 0 Å². The first kappa shape index (κ1) is 21.6. The lowest BCUT2D eigenvalue weighted by molar-refractivity contribution is 0.0782. The molecule has 22 heavy (non-hydrogen) atoms. The lowest BCUT2D eigenvalue weighted by Gasteiger charge is -2.21. The highest BCUT2D eigenvalue weighted by Gasteiger charge is 2.08. The Labute approximate surface area is 155 Å². The summed E-state index contributed by atoms with van der Waals surface area (Å²) in [6.45, 7) is 11.4. The van der Waals surface area contributed by atoms with Crippen molar-refractivity contribution < 1.29 is 4.74 Å². The van der Waals surface area contributed by atoms with Crippen LogP contribution in [0.3, 0.4) is 0 Å². The molecule has 0 aromatic carbocycles. The zero-order valence-corrected chi connectivity index (χ0v) is 17.4. The molecular weight excluding hydrogens is 411 g/mol. The Bertz CT molecular complexity index is 437. The smallest absolute Gasteiger partial charge is 0.194 e. The molecule has 0 aliphatic rings. The first-order valence-corrected chi connectivity index (χ1v) is 8.43. The van der Waals surface area contributed by atoms with Crippen LogP contribution in [0.2, 0.25) is 0 Å². The second-order valence-electron chi connectivity index (χ2n) is 5.22. The summed E-state index contributed by atoms with van der Waals surface area (Å²) in [6, 6.07) is 0. The van der Waals surface area contributed by atoms with E-state index in [0.717, 1.165) is 49.3 Å². The number of guanidine groups is 1. The van der Waals surface area contributed by atoms with Gasteiger partial charge in [-0.3, -0.25) is 4.99 Å². The number of aromatic nitrogens is 1. The maximum absolute atomic E-state index is 5.53. The van der Waals surface area contributed by atoms with Gasteiger partial charge in [0.2, 0.25) is 0 Å². The highest BCUT2D eigenvalue weighted by atomic mass is 127. The zero-order valence-electron chi connectivity index (χ0n) is 14.3. The molecule has 1 rings (SSSR count). The lowest BCUT2D eigenvalue weighted by Crippen LogP contribution is -2.38. The molecule has 0 aliphatic carbocycles. The summed E-state index contributed by atoms with van der Waals surface area (Å²) in [5.41, 5.74) is 1.09. The molecule has 0 unspecified atom stereocenters. The van der Waals surface area contributed by atoms with Gasteiger partial charge in [-0.25, -0.2) is 4.98 Å². The van der Waals surface area contributed by atoms with Crippen LogP contribution in [-0.4, -0.2) is 48.7 Å². The average molecular weight is 440 g/mol. The Kier molecular flexibility index (Phi) is 11.8. The van der Waals surface area contributed by atoms with Crippen molar-refractivity contribution in [2.75, 3.05) is 26.7 Å². The Hall–Kier alpha value is -0.410. The second kappa shape index (κ2) is 12.1. The van der Waals surface area contributed by atoms with Crippen LogP contribution in [-0.2, 0) is 11.3 Å². The summed E-state index contributed by atoms with van der Waals surface area (Å²) in [6.07, 6.45) is 1.23. The van der Waals surface area contributed by atoms with Crippen LogP contribution in [0.1, 0.15) is 37.9 Å². The van der Waals surface area contributed by atoms with E-state index in [9.17, 15) is 0 Å². The van der Waals surface area contributed by atoms with Crippen LogP contribution < -0.4 is 5.32 Å². The van der Waals surface area contributed by atoms with E-state index in [4.69, 9.17) is 4.74 Å². The van der Waals surface area contributed by atoms with Crippen molar-refractivity contribution in [3.63, 3.8) is 0 Å². The number of nitrogens with one attached hydrogen (secondary N) is 1. The number of hydrogen-bond donors (Lipinski definition) is 1. The third-order valence-electron chi connectivity index (χ3n) is 2.78. The number of rotatable bonds is 8. The predicted molar refractivity (Wildman–Crippen MR) is 105 cm³/mol. The molecule has 5 nitrogen and oxygen atoms in total. The average Bonchev–Trinajstić information content (AvgIpc) is 2.82. The van der Waals surface area contributed by atoms with E-state index in [1.165, 1.54) is 0 Å². The van der Waals surface area contributed by atoms with Crippen LogP contribution in [0.4, 0.5) is 0 Å². The SMILES string of the molecule is CCNC(=NCCCOC(C)C)N(C)Cc1csc(C)n1.I. The maximum Gasteiger partial charge on any atom is 0.194 e. The van der Waals surface area contributed by atoms with Gasteiger partial charge in [0.1, 0.15) is 0 Å². The van der Waals surface area contributed by atoms with E-state index in [-0.39, 0.29) is 30.1 Å². The molecule has 0 fully saturated rings. The zero-order chi connectivity index (χ0) is 15.7. The Morgan fingerprint density at radius 2 is 2.23 bits per heavy atom. The molecule has 1 N–H and O–H groups in total. The van der Waals surface area contributed by atoms with Crippen molar-refractivity contribution in [2.45, 2.75) is 46.8 Å². The van der Waals surface area contributed by atoms with Crippen molar-refractivity contribution >= 4 is 41.3 Å². The van der Waals surface area contributed by atoms with E-state index in [0.29, 0.717) is 0 Å². The fourth-order valence-electron chi connectivity index (χ4n) is 1.84. The van der Waals surface area contributed by atoms with Crippen molar-refractivity contribution in [3.05, 3.63) is 16.1 Å². The van der Waals surface area contributed by atoms with Gasteiger partial charge in [0, 0.05) is 32.1 Å². The predicted octanol–water partition coefficient (Wildman–Crippen LogP) is 3.28. The van der Waals surface area contributed by atoms with Gasteiger partial charge in [-0.2, -0.15) is 0 Å². The maximum atomic E-state index is 5.53. The molecule has 1 aromatic heterocycles. The number of halogens is 1. The molecule has 0 saturated carbocycles. The van der Waals surface area contributed by atoms with Crippen molar-refractivity contribution in [2.24, 2.45) is 4.99 Å². The first-order chi connectivity index (χ1) is 10.0. The van der Waals surface area contributed by atoms with Crippen molar-refractivity contribution in [1.82, 2.24) is 15.2 Å². The fraction of sp³-hybridized carbons (Fsp3) is 0.733. The molecule has 0 bridgehead atoms. The van der Waals surface area contributed by atoms with E-state index in [1.54, 1.807) is 11.3 Å². The van der Waals surface area contributed by atoms with Gasteiger partial charge in [-0.1, -0.05) is 0 Å². The minimum absolute atomic E-state index is 0. The molecule has 0 radical (unpaired) electrons. The van der Waals surface area contributed by atoms with Crippen LogP contribution >= 0.6 is 35.3 Å². The first-order valence-electron chi connectivity index (χ1n) is 7.55. The minimum Gasteiger partial charge on any atom is -0.379 e. The van der Waals surface area contributed by atoms with Gasteiger partial charge < -0.3 is 15.0 Å². The van der Waals surface area contributed by atoms with Crippen LogP contribution in [0, 0.1) is 6.92 Å². The van der Waals surface area contributed by atoms with Crippen molar-refractivity contribution in [3.8, 4) is 0 Å². The van der Waals surface area contributed by atoms with Crippen LogP contribution in [0.5, 0.6) is 0 Å². The molecule has 1 aromatic rings. The largest absolute Gasteiger partial charge is 0.379 e. The van der Waals surface area contributed by atoms with Gasteiger partial charge in [0.15, 0.2) is 5.96 Å². The van der Waals surface area contributed by atoms with Gasteiger partial charge in [-0.15, -0.1) is 35.3 Å². The molecule has 7 heteroatoms. The van der Waals surface area contributed by atoms with Gasteiger partial charge in [0.25, 0.3) is 0 Å². The summed E-state index contributed by atoms with van der Waals surface area (Å²) in [5, 5.41) is 6.53. The molecule has 1 heterocycles. The Morgan fingerprint density at radius 1 is 1.50 bits per heavy atom. The van der Waals surface area contributed by atoms with Crippen LogP contribution in [0.15, 0.2) is 10.4 Å². The summed E-state index contributed by atoms with van der Waals surface area (Å²) < 4.78 is 5.53. The molecule has 128 valence electrons. The van der Waals surface area contributed by atoms with E-state index in [2.05, 4.69) is 46.3 Å². The number of ether oxygens (including phenoxy) is 1. The number of nitrogens with zero attached hydrogens (tertiary/aromatic N) is 3. The van der Waals surface area contributed by atoms with E-state index < -0.39 is 0 Å². The fourth-order valence-corrected chi connectivity index (χ4v) is 2.44. The Balaban J connectivity index is 0.00000441. The summed E-state index contributed by atoms with van der Waals surface area (Å²) in [7, 11) is 2.04. The molecule has 0 spiro atoms. The summed E-state index contributed by atoms with van der Waals surface area (Å²) in [5.74, 6) is 0.924. The standard InChI is InChI=1S/C15H28N4OS.HI/c1-6-16-15(17-8-7-9-20-12(2)3)19(5)10-14-11-21-13(4)18-14;/h11-12H,6-10H2,1-5H3,(H,16,17);1H. The summed E-state index contributed by atoms with van der Waals surface area (Å²) in [4.78, 5) is 11.2. The highest BCUT2D eigenvalue weighted by Crippen LogP contribution is 2.09. The van der Waals surface area contributed by atoms with Gasteiger partial charge in [0.05, 0.1) is 23.4 Å². The number of thiazole rings is 1. The lowest BCUT2D eigenvalue weighted by atomic mass is 10.4. The minimum atomic E-state index is 0. The molecule has 0 amide bonds. The highest BCUT2D eigenvalue weighted by molar-refractivity contribution is 14.0. The molecular formula is C15H29IN4OS.